The van der Waals surface area contributed by atoms with Crippen LogP contribution in [0.1, 0.15) is 63.3 Å². The number of methoxy groups -OCH3 is 1. The lowest BCUT2D eigenvalue weighted by Gasteiger charge is -2.54. The van der Waals surface area contributed by atoms with Gasteiger partial charge in [-0.25, -0.2) is 9.50 Å². The summed E-state index contributed by atoms with van der Waals surface area (Å²) in [5, 5.41) is 4.78. The molecular formula is C17H25N3O. The van der Waals surface area contributed by atoms with Gasteiger partial charge >= 0.3 is 0 Å². The highest BCUT2D eigenvalue weighted by atomic mass is 16.5. The highest BCUT2D eigenvalue weighted by molar-refractivity contribution is 5.47. The van der Waals surface area contributed by atoms with E-state index in [9.17, 15) is 0 Å². The lowest BCUT2D eigenvalue weighted by Crippen LogP contribution is -2.41. The first-order valence-corrected chi connectivity index (χ1v) is 8.10. The Kier molecular flexibility index (Phi) is 3.64. The molecule has 2 aromatic rings. The molecule has 2 saturated carbocycles. The quantitative estimate of drug-likeness (QED) is 0.834. The van der Waals surface area contributed by atoms with Gasteiger partial charge in [0.15, 0.2) is 5.65 Å². The van der Waals surface area contributed by atoms with E-state index in [-0.39, 0.29) is 0 Å². The molecule has 2 aliphatic rings. The van der Waals surface area contributed by atoms with Gasteiger partial charge in [-0.1, -0.05) is 20.3 Å². The van der Waals surface area contributed by atoms with Crippen LogP contribution in [0.3, 0.4) is 0 Å². The summed E-state index contributed by atoms with van der Waals surface area (Å²) in [5.41, 5.74) is 3.73. The van der Waals surface area contributed by atoms with Crippen molar-refractivity contribution in [2.75, 3.05) is 7.11 Å². The third-order valence-electron chi connectivity index (χ3n) is 5.03. The summed E-state index contributed by atoms with van der Waals surface area (Å²) in [7, 11) is 1.73. The molecule has 0 unspecified atom stereocenters. The minimum Gasteiger partial charge on any atom is -0.495 e. The molecule has 4 heteroatoms. The molecule has 0 atom stereocenters. The number of hydrogen-bond acceptors (Lipinski definition) is 3. The molecule has 0 N–H and O–H groups in total. The zero-order valence-electron chi connectivity index (χ0n) is 13.5. The number of ether oxygens (including phenoxy) is 1. The van der Waals surface area contributed by atoms with E-state index >= 15 is 0 Å². The van der Waals surface area contributed by atoms with E-state index in [2.05, 4.69) is 4.98 Å². The second kappa shape index (κ2) is 5.32. The second-order valence-corrected chi connectivity index (χ2v) is 6.23. The van der Waals surface area contributed by atoms with Crippen molar-refractivity contribution in [2.45, 2.75) is 58.8 Å². The van der Waals surface area contributed by atoms with Crippen molar-refractivity contribution < 1.29 is 4.74 Å². The summed E-state index contributed by atoms with van der Waals surface area (Å²) < 4.78 is 7.46. The molecule has 2 aliphatic carbocycles. The van der Waals surface area contributed by atoms with Gasteiger partial charge in [-0.3, -0.25) is 0 Å². The maximum atomic E-state index is 5.52. The average Bonchev–Trinajstić information content (AvgIpc) is 2.78. The number of aryl methyl sites for hydroxylation is 1. The minimum atomic E-state index is 0.571. The van der Waals surface area contributed by atoms with E-state index in [0.717, 1.165) is 22.8 Å². The number of rotatable bonds is 2. The zero-order chi connectivity index (χ0) is 15.0. The van der Waals surface area contributed by atoms with Crippen LogP contribution in [-0.2, 0) is 0 Å². The van der Waals surface area contributed by atoms with E-state index in [1.54, 1.807) is 7.11 Å². The van der Waals surface area contributed by atoms with Crippen LogP contribution in [0.15, 0.2) is 12.3 Å². The number of imidazole rings is 1. The highest BCUT2D eigenvalue weighted by Gasteiger charge is 2.49. The Balaban J connectivity index is 0.000000636. The van der Waals surface area contributed by atoms with E-state index in [1.807, 2.05) is 37.5 Å². The minimum absolute atomic E-state index is 0.571. The Morgan fingerprint density at radius 1 is 1.29 bits per heavy atom. The van der Waals surface area contributed by atoms with Gasteiger partial charge in [0.1, 0.15) is 11.4 Å². The normalized spacial score (nSPS) is 19.6. The van der Waals surface area contributed by atoms with Gasteiger partial charge in [0.2, 0.25) is 0 Å². The standard InChI is InChI=1S/C15H19N3O.C2H6/c1-10-9-16-13-6-12(19-2)14(17-18(10)13)11-7-15(8-11)4-3-5-15;1-2/h6,9,11H,3-5,7-8H2,1-2H3;1-2H3. The van der Waals surface area contributed by atoms with Gasteiger partial charge in [-0.15, -0.1) is 0 Å². The molecule has 0 saturated heterocycles. The van der Waals surface area contributed by atoms with Crippen LogP contribution in [0.4, 0.5) is 0 Å². The summed E-state index contributed by atoms with van der Waals surface area (Å²) in [5.74, 6) is 1.47. The zero-order valence-corrected chi connectivity index (χ0v) is 13.5. The van der Waals surface area contributed by atoms with Crippen molar-refractivity contribution >= 4 is 5.65 Å². The van der Waals surface area contributed by atoms with Crippen LogP contribution in [0.5, 0.6) is 5.75 Å². The van der Waals surface area contributed by atoms with Crippen molar-refractivity contribution in [3.8, 4) is 5.75 Å². The predicted octanol–water partition coefficient (Wildman–Crippen LogP) is 4.12. The van der Waals surface area contributed by atoms with Crippen molar-refractivity contribution in [1.82, 2.24) is 14.6 Å². The fourth-order valence-corrected chi connectivity index (χ4v) is 3.74. The van der Waals surface area contributed by atoms with Gasteiger partial charge in [0.05, 0.1) is 19.0 Å². The Bertz CT molecular complexity index is 635. The lowest BCUT2D eigenvalue weighted by molar-refractivity contribution is 0.00647. The molecule has 0 aliphatic heterocycles. The number of nitrogens with zero attached hydrogens (tertiary/aromatic N) is 3. The largest absolute Gasteiger partial charge is 0.495 e. The van der Waals surface area contributed by atoms with E-state index in [4.69, 9.17) is 9.84 Å². The predicted molar refractivity (Wildman–Crippen MR) is 83.9 cm³/mol. The van der Waals surface area contributed by atoms with E-state index in [0.29, 0.717) is 11.3 Å². The summed E-state index contributed by atoms with van der Waals surface area (Å²) in [6.07, 6.45) is 8.68. The van der Waals surface area contributed by atoms with E-state index < -0.39 is 0 Å². The Morgan fingerprint density at radius 3 is 2.57 bits per heavy atom. The fourth-order valence-electron chi connectivity index (χ4n) is 3.74. The van der Waals surface area contributed by atoms with Gasteiger partial charge in [0.25, 0.3) is 0 Å². The van der Waals surface area contributed by atoms with E-state index in [1.165, 1.54) is 32.1 Å². The molecule has 0 amide bonds. The van der Waals surface area contributed by atoms with Crippen molar-refractivity contribution in [3.63, 3.8) is 0 Å². The molecule has 4 nitrogen and oxygen atoms in total. The molecule has 0 aromatic carbocycles. The number of hydrogen-bond donors (Lipinski definition) is 0. The monoisotopic (exact) mass is 287 g/mol. The molecule has 1 spiro atoms. The van der Waals surface area contributed by atoms with Crippen LogP contribution in [-0.4, -0.2) is 21.7 Å². The first-order valence-electron chi connectivity index (χ1n) is 8.10. The smallest absolute Gasteiger partial charge is 0.157 e. The summed E-state index contributed by atoms with van der Waals surface area (Å²) in [4.78, 5) is 4.35. The van der Waals surface area contributed by atoms with Crippen molar-refractivity contribution in [3.05, 3.63) is 23.7 Å². The molecule has 114 valence electrons. The average molecular weight is 287 g/mol. The molecule has 4 rings (SSSR count). The van der Waals surface area contributed by atoms with Crippen molar-refractivity contribution in [2.24, 2.45) is 5.41 Å². The number of fused-ring (bicyclic) bond motifs is 1. The Morgan fingerprint density at radius 2 is 2.00 bits per heavy atom. The Labute approximate surface area is 126 Å². The summed E-state index contributed by atoms with van der Waals surface area (Å²) in [6, 6.07) is 2.01. The maximum Gasteiger partial charge on any atom is 0.157 e. The van der Waals surface area contributed by atoms with Gasteiger partial charge in [-0.05, 0) is 38.0 Å². The third kappa shape index (κ3) is 2.21. The fraction of sp³-hybridized carbons (Fsp3) is 0.647. The van der Waals surface area contributed by atoms with Crippen LogP contribution < -0.4 is 4.74 Å². The SMILES string of the molecule is CC.COc1cc2ncc(C)n2nc1C1CC2(CCC2)C1. The first kappa shape index (κ1) is 14.4. The molecule has 2 aromatic heterocycles. The van der Waals surface area contributed by atoms with Gasteiger partial charge < -0.3 is 4.74 Å². The lowest BCUT2D eigenvalue weighted by atomic mass is 9.51. The number of aromatic nitrogens is 3. The summed E-state index contributed by atoms with van der Waals surface area (Å²) >= 11 is 0. The maximum absolute atomic E-state index is 5.52. The van der Waals surface area contributed by atoms with Crippen LogP contribution >= 0.6 is 0 Å². The van der Waals surface area contributed by atoms with Crippen molar-refractivity contribution in [1.29, 1.82) is 0 Å². The first-order chi connectivity index (χ1) is 10.2. The van der Waals surface area contributed by atoms with Crippen LogP contribution in [0.25, 0.3) is 5.65 Å². The second-order valence-electron chi connectivity index (χ2n) is 6.23. The molecule has 2 heterocycles. The molecule has 0 bridgehead atoms. The van der Waals surface area contributed by atoms with Crippen LogP contribution in [0, 0.1) is 12.3 Å². The topological polar surface area (TPSA) is 39.4 Å². The van der Waals surface area contributed by atoms with Gasteiger partial charge in [0, 0.05) is 12.0 Å². The molecule has 2 fully saturated rings. The molecule has 0 radical (unpaired) electrons. The van der Waals surface area contributed by atoms with Crippen LogP contribution in [0.2, 0.25) is 0 Å². The highest BCUT2D eigenvalue weighted by Crippen LogP contribution is 2.62. The third-order valence-corrected chi connectivity index (χ3v) is 5.03. The van der Waals surface area contributed by atoms with Gasteiger partial charge in [-0.2, -0.15) is 5.10 Å². The Hall–Kier alpha value is -1.58. The molecular weight excluding hydrogens is 262 g/mol. The molecule has 21 heavy (non-hydrogen) atoms. The summed E-state index contributed by atoms with van der Waals surface area (Å²) in [6.45, 7) is 6.04.